The molecule has 0 saturated carbocycles. The van der Waals surface area contributed by atoms with Crippen LogP contribution in [-0.2, 0) is 12.8 Å². The summed E-state index contributed by atoms with van der Waals surface area (Å²) in [6.45, 7) is 1.95. The number of halogens is 2. The number of hydrogen-bond donors (Lipinski definition) is 1. The van der Waals surface area contributed by atoms with Crippen molar-refractivity contribution in [3.05, 3.63) is 64.7 Å². The topological polar surface area (TPSA) is 29.5 Å². The molecule has 0 heterocycles. The minimum atomic E-state index is -0.896. The first-order valence-corrected chi connectivity index (χ1v) is 6.75. The third kappa shape index (κ3) is 3.79. The molecule has 1 atom stereocenters. The van der Waals surface area contributed by atoms with E-state index in [1.54, 1.807) is 7.11 Å². The van der Waals surface area contributed by atoms with Gasteiger partial charge < -0.3 is 9.84 Å². The average Bonchev–Trinajstić information content (AvgIpc) is 2.44. The highest BCUT2D eigenvalue weighted by Crippen LogP contribution is 2.22. The summed E-state index contributed by atoms with van der Waals surface area (Å²) < 4.78 is 32.0. The number of aliphatic hydroxyl groups is 1. The van der Waals surface area contributed by atoms with Gasteiger partial charge in [0.15, 0.2) is 11.6 Å². The van der Waals surface area contributed by atoms with Gasteiger partial charge in [-0.2, -0.15) is 0 Å². The Bertz CT molecular complexity index is 626. The molecule has 0 aliphatic heterocycles. The molecule has 0 fully saturated rings. The highest BCUT2D eigenvalue weighted by Gasteiger charge is 2.15. The molecule has 2 aromatic carbocycles. The first-order valence-electron chi connectivity index (χ1n) is 6.75. The van der Waals surface area contributed by atoms with Crippen molar-refractivity contribution in [1.82, 2.24) is 0 Å². The van der Waals surface area contributed by atoms with Gasteiger partial charge in [-0.25, -0.2) is 8.78 Å². The number of aliphatic hydroxyl groups excluding tert-OH is 1. The van der Waals surface area contributed by atoms with Crippen LogP contribution in [0.3, 0.4) is 0 Å². The summed E-state index contributed by atoms with van der Waals surface area (Å²) in [7, 11) is 1.56. The van der Waals surface area contributed by atoms with Crippen LogP contribution in [0.5, 0.6) is 5.75 Å². The van der Waals surface area contributed by atoms with Crippen molar-refractivity contribution >= 4 is 0 Å². The lowest BCUT2D eigenvalue weighted by molar-refractivity contribution is 0.172. The fourth-order valence-corrected chi connectivity index (χ4v) is 2.35. The Morgan fingerprint density at radius 2 is 1.81 bits per heavy atom. The molecule has 0 bridgehead atoms. The SMILES string of the molecule is COc1ccc(C)cc1CC(O)Cc1cccc(F)c1F. The Kier molecular flexibility index (Phi) is 4.91. The lowest BCUT2D eigenvalue weighted by Crippen LogP contribution is -2.16. The molecule has 1 unspecified atom stereocenters. The summed E-state index contributed by atoms with van der Waals surface area (Å²) in [5.41, 5.74) is 2.07. The van der Waals surface area contributed by atoms with Gasteiger partial charge in [0.2, 0.25) is 0 Å². The summed E-state index contributed by atoms with van der Waals surface area (Å²) in [5.74, 6) is -1.11. The van der Waals surface area contributed by atoms with Gasteiger partial charge in [0.1, 0.15) is 5.75 Å². The van der Waals surface area contributed by atoms with Crippen molar-refractivity contribution in [2.24, 2.45) is 0 Å². The van der Waals surface area contributed by atoms with Crippen molar-refractivity contribution in [3.8, 4) is 5.75 Å². The standard InChI is InChI=1S/C17H18F2O2/c1-11-6-7-16(21-2)13(8-11)10-14(20)9-12-4-3-5-15(18)17(12)19/h3-8,14,20H,9-10H2,1-2H3. The number of ether oxygens (including phenoxy) is 1. The van der Waals surface area contributed by atoms with Gasteiger partial charge in [0, 0.05) is 12.8 Å². The van der Waals surface area contributed by atoms with Crippen LogP contribution in [0.15, 0.2) is 36.4 Å². The fourth-order valence-electron chi connectivity index (χ4n) is 2.35. The minimum absolute atomic E-state index is 0.0562. The molecular weight excluding hydrogens is 274 g/mol. The number of aryl methyl sites for hydroxylation is 1. The summed E-state index contributed by atoms with van der Waals surface area (Å²) in [6.07, 6.45) is -0.432. The molecule has 112 valence electrons. The smallest absolute Gasteiger partial charge is 0.162 e. The molecule has 0 amide bonds. The summed E-state index contributed by atoms with van der Waals surface area (Å²) >= 11 is 0. The van der Waals surface area contributed by atoms with Crippen LogP contribution >= 0.6 is 0 Å². The minimum Gasteiger partial charge on any atom is -0.496 e. The van der Waals surface area contributed by atoms with Crippen molar-refractivity contribution in [3.63, 3.8) is 0 Å². The summed E-state index contributed by atoms with van der Waals surface area (Å²) in [4.78, 5) is 0. The molecule has 0 aliphatic rings. The van der Waals surface area contributed by atoms with Gasteiger partial charge in [-0.1, -0.05) is 29.8 Å². The Hall–Kier alpha value is -1.94. The fraction of sp³-hybridized carbons (Fsp3) is 0.294. The van der Waals surface area contributed by atoms with E-state index in [1.165, 1.54) is 12.1 Å². The van der Waals surface area contributed by atoms with Crippen molar-refractivity contribution in [1.29, 1.82) is 0 Å². The van der Waals surface area contributed by atoms with Gasteiger partial charge in [-0.15, -0.1) is 0 Å². The van der Waals surface area contributed by atoms with E-state index in [4.69, 9.17) is 4.74 Å². The van der Waals surface area contributed by atoms with E-state index >= 15 is 0 Å². The third-order valence-corrected chi connectivity index (χ3v) is 3.38. The summed E-state index contributed by atoms with van der Waals surface area (Å²) in [5, 5.41) is 10.1. The van der Waals surface area contributed by atoms with Crippen molar-refractivity contribution in [2.45, 2.75) is 25.9 Å². The maximum Gasteiger partial charge on any atom is 0.162 e. The Balaban J connectivity index is 2.13. The molecule has 21 heavy (non-hydrogen) atoms. The molecule has 1 N–H and O–H groups in total. The van der Waals surface area contributed by atoms with Crippen molar-refractivity contribution in [2.75, 3.05) is 7.11 Å². The number of methoxy groups -OCH3 is 1. The normalized spacial score (nSPS) is 12.2. The largest absolute Gasteiger partial charge is 0.496 e. The average molecular weight is 292 g/mol. The van der Waals surface area contributed by atoms with Crippen molar-refractivity contribution < 1.29 is 18.6 Å². The van der Waals surface area contributed by atoms with E-state index in [2.05, 4.69) is 0 Å². The predicted octanol–water partition coefficient (Wildman–Crippen LogP) is 3.43. The zero-order valence-corrected chi connectivity index (χ0v) is 12.1. The van der Waals surface area contributed by atoms with Crippen LogP contribution in [0.1, 0.15) is 16.7 Å². The molecular formula is C17H18F2O2. The zero-order chi connectivity index (χ0) is 15.4. The highest BCUT2D eigenvalue weighted by atomic mass is 19.2. The van der Waals surface area contributed by atoms with E-state index in [0.29, 0.717) is 12.2 Å². The first kappa shape index (κ1) is 15.4. The van der Waals surface area contributed by atoms with Crippen LogP contribution in [0.25, 0.3) is 0 Å². The van der Waals surface area contributed by atoms with E-state index in [-0.39, 0.29) is 12.0 Å². The third-order valence-electron chi connectivity index (χ3n) is 3.38. The van der Waals surface area contributed by atoms with Gasteiger partial charge >= 0.3 is 0 Å². The lowest BCUT2D eigenvalue weighted by atomic mass is 9.99. The maximum atomic E-state index is 13.6. The van der Waals surface area contributed by atoms with Gasteiger partial charge in [0.05, 0.1) is 13.2 Å². The zero-order valence-electron chi connectivity index (χ0n) is 12.1. The van der Waals surface area contributed by atoms with Crippen LogP contribution in [0, 0.1) is 18.6 Å². The second-order valence-corrected chi connectivity index (χ2v) is 5.09. The second kappa shape index (κ2) is 6.68. The summed E-state index contributed by atoms with van der Waals surface area (Å²) in [6, 6.07) is 9.66. The molecule has 0 aromatic heterocycles. The Morgan fingerprint density at radius 3 is 2.52 bits per heavy atom. The second-order valence-electron chi connectivity index (χ2n) is 5.09. The lowest BCUT2D eigenvalue weighted by Gasteiger charge is -2.14. The highest BCUT2D eigenvalue weighted by molar-refractivity contribution is 5.37. The maximum absolute atomic E-state index is 13.6. The monoisotopic (exact) mass is 292 g/mol. The molecule has 0 radical (unpaired) electrons. The molecule has 0 aliphatic carbocycles. The first-order chi connectivity index (χ1) is 10.0. The number of benzene rings is 2. The number of hydrogen-bond acceptors (Lipinski definition) is 2. The molecule has 0 spiro atoms. The molecule has 2 rings (SSSR count). The Labute approximate surface area is 123 Å². The molecule has 0 saturated heterocycles. The molecule has 4 heteroatoms. The van der Waals surface area contributed by atoms with E-state index in [0.717, 1.165) is 17.2 Å². The van der Waals surface area contributed by atoms with Gasteiger partial charge in [-0.05, 0) is 30.2 Å². The predicted molar refractivity (Wildman–Crippen MR) is 77.5 cm³/mol. The van der Waals surface area contributed by atoms with E-state index in [9.17, 15) is 13.9 Å². The van der Waals surface area contributed by atoms with E-state index < -0.39 is 17.7 Å². The molecule has 2 nitrogen and oxygen atoms in total. The van der Waals surface area contributed by atoms with Crippen LogP contribution in [0.2, 0.25) is 0 Å². The van der Waals surface area contributed by atoms with Gasteiger partial charge in [-0.3, -0.25) is 0 Å². The van der Waals surface area contributed by atoms with Crippen LogP contribution in [0.4, 0.5) is 8.78 Å². The Morgan fingerprint density at radius 1 is 1.10 bits per heavy atom. The van der Waals surface area contributed by atoms with Crippen LogP contribution < -0.4 is 4.74 Å². The van der Waals surface area contributed by atoms with E-state index in [1.807, 2.05) is 25.1 Å². The van der Waals surface area contributed by atoms with Crippen LogP contribution in [-0.4, -0.2) is 18.3 Å². The quantitative estimate of drug-likeness (QED) is 0.915. The molecule has 2 aromatic rings. The number of rotatable bonds is 5. The van der Waals surface area contributed by atoms with Gasteiger partial charge in [0.25, 0.3) is 0 Å².